The number of piperidine rings is 1. The Balaban J connectivity index is 2.04. The third-order valence-corrected chi connectivity index (χ3v) is 6.32. The van der Waals surface area contributed by atoms with E-state index in [0.717, 1.165) is 5.69 Å². The molecule has 2 aromatic heterocycles. The van der Waals surface area contributed by atoms with Crippen molar-refractivity contribution in [3.05, 3.63) is 34.9 Å². The van der Waals surface area contributed by atoms with Crippen molar-refractivity contribution in [1.29, 1.82) is 0 Å². The Morgan fingerprint density at radius 3 is 2.42 bits per heavy atom. The van der Waals surface area contributed by atoms with Gasteiger partial charge in [0.2, 0.25) is 0 Å². The molecule has 2 unspecified atom stereocenters. The molecule has 0 bridgehead atoms. The molecule has 0 aliphatic carbocycles. The molecule has 1 fully saturated rings. The van der Waals surface area contributed by atoms with Crippen LogP contribution in [0.2, 0.25) is 0 Å². The van der Waals surface area contributed by atoms with Gasteiger partial charge in [0.25, 0.3) is 0 Å². The molecule has 2 atom stereocenters. The highest BCUT2D eigenvalue weighted by molar-refractivity contribution is 5.95. The minimum absolute atomic E-state index is 0.0328. The second kappa shape index (κ2) is 9.92. The monoisotopic (exact) mass is 501 g/mol. The van der Waals surface area contributed by atoms with Crippen molar-refractivity contribution in [2.45, 2.75) is 98.8 Å². The molecule has 1 saturated heterocycles. The number of aromatic nitrogens is 3. The fraction of sp³-hybridized carbons (Fsp3) is 0.630. The van der Waals surface area contributed by atoms with Crippen LogP contribution in [0.15, 0.2) is 12.1 Å². The molecule has 1 aliphatic rings. The molecule has 0 aromatic carbocycles. The number of ketones is 1. The summed E-state index contributed by atoms with van der Waals surface area (Å²) in [4.78, 5) is 30.3. The van der Waals surface area contributed by atoms with Crippen molar-refractivity contribution in [3.63, 3.8) is 0 Å². The van der Waals surface area contributed by atoms with Crippen LogP contribution in [-0.2, 0) is 21.5 Å². The van der Waals surface area contributed by atoms with Gasteiger partial charge >= 0.3 is 5.97 Å². The van der Waals surface area contributed by atoms with E-state index in [4.69, 9.17) is 4.74 Å². The number of nitrogens with zero attached hydrogens (tertiary/aromatic N) is 3. The molecule has 1 aliphatic heterocycles. The molecule has 3 rings (SSSR count). The van der Waals surface area contributed by atoms with Gasteiger partial charge < -0.3 is 15.4 Å². The number of nitrogens with one attached hydrogen (secondary N) is 2. The van der Waals surface area contributed by atoms with Crippen LogP contribution in [0, 0.1) is 18.2 Å². The van der Waals surface area contributed by atoms with Crippen LogP contribution in [-0.4, -0.2) is 44.7 Å². The van der Waals surface area contributed by atoms with Gasteiger partial charge in [0.05, 0.1) is 22.2 Å². The van der Waals surface area contributed by atoms with E-state index in [-0.39, 0.29) is 35.2 Å². The lowest BCUT2D eigenvalue weighted by molar-refractivity contribution is -0.170. The smallest absolute Gasteiger partial charge is 0.313 e. The first kappa shape index (κ1) is 27.8. The molecular formula is C27H40FN5O3. The zero-order chi connectivity index (χ0) is 27.1. The minimum Gasteiger partial charge on any atom is -0.460 e. The lowest BCUT2D eigenvalue weighted by Gasteiger charge is -2.40. The van der Waals surface area contributed by atoms with Gasteiger partial charge in [-0.2, -0.15) is 5.10 Å². The van der Waals surface area contributed by atoms with Gasteiger partial charge in [0.15, 0.2) is 17.4 Å². The van der Waals surface area contributed by atoms with Crippen LogP contribution in [0.3, 0.4) is 0 Å². The molecule has 2 N–H and O–H groups in total. The lowest BCUT2D eigenvalue weighted by Crippen LogP contribution is -2.50. The van der Waals surface area contributed by atoms with Crippen molar-refractivity contribution in [2.24, 2.45) is 5.41 Å². The van der Waals surface area contributed by atoms with Gasteiger partial charge in [0, 0.05) is 24.2 Å². The topological polar surface area (TPSA) is 98.1 Å². The third kappa shape index (κ3) is 6.30. The summed E-state index contributed by atoms with van der Waals surface area (Å²) in [6.45, 7) is 17.5. The quantitative estimate of drug-likeness (QED) is 0.421. The van der Waals surface area contributed by atoms with Gasteiger partial charge in [-0.3, -0.25) is 14.3 Å². The zero-order valence-corrected chi connectivity index (χ0v) is 23.0. The fourth-order valence-electron chi connectivity index (χ4n) is 4.81. The number of halogens is 1. The maximum absolute atomic E-state index is 15.6. The number of anilines is 2. The predicted molar refractivity (Wildman–Crippen MR) is 138 cm³/mol. The van der Waals surface area contributed by atoms with Crippen LogP contribution in [0.4, 0.5) is 16.0 Å². The van der Waals surface area contributed by atoms with E-state index in [0.29, 0.717) is 31.0 Å². The molecule has 0 saturated carbocycles. The first-order valence-corrected chi connectivity index (χ1v) is 12.5. The standard InChI is InChI=1S/C27H40FN5O3/c1-16-14-27(10-11-29-16,24(35)36-26(7,8)9)15-20-23(28)19(18(3)34)13-21(30-20)31-22-12-17(2)33(32-22)25(4,5)6/h12-13,16,29H,10-11,14-15H2,1-9H3,(H,30,31,32). The molecule has 3 heterocycles. The summed E-state index contributed by atoms with van der Waals surface area (Å²) < 4.78 is 23.3. The zero-order valence-electron chi connectivity index (χ0n) is 23.0. The third-order valence-electron chi connectivity index (χ3n) is 6.32. The summed E-state index contributed by atoms with van der Waals surface area (Å²) in [5.41, 5.74) is -0.911. The summed E-state index contributed by atoms with van der Waals surface area (Å²) in [5.74, 6) is -0.637. The van der Waals surface area contributed by atoms with E-state index < -0.39 is 22.6 Å². The Labute approximate surface area is 213 Å². The number of esters is 1. The number of carbonyl (C=O) groups is 2. The average Bonchev–Trinajstić information content (AvgIpc) is 3.09. The van der Waals surface area contributed by atoms with Crippen molar-refractivity contribution in [2.75, 3.05) is 11.9 Å². The largest absolute Gasteiger partial charge is 0.460 e. The Morgan fingerprint density at radius 1 is 1.22 bits per heavy atom. The summed E-state index contributed by atoms with van der Waals surface area (Å²) in [7, 11) is 0. The molecule has 36 heavy (non-hydrogen) atoms. The molecular weight excluding hydrogens is 461 g/mol. The van der Waals surface area contributed by atoms with Gasteiger partial charge in [0.1, 0.15) is 11.4 Å². The van der Waals surface area contributed by atoms with Crippen LogP contribution < -0.4 is 10.6 Å². The Kier molecular flexibility index (Phi) is 7.65. The van der Waals surface area contributed by atoms with Gasteiger partial charge in [-0.15, -0.1) is 0 Å². The highest BCUT2D eigenvalue weighted by Crippen LogP contribution is 2.38. The number of pyridine rings is 1. The maximum Gasteiger partial charge on any atom is 0.313 e. The number of hydrogen-bond donors (Lipinski definition) is 2. The minimum atomic E-state index is -0.955. The van der Waals surface area contributed by atoms with Crippen molar-refractivity contribution < 1.29 is 18.7 Å². The van der Waals surface area contributed by atoms with Crippen LogP contribution in [0.25, 0.3) is 0 Å². The van der Waals surface area contributed by atoms with Crippen molar-refractivity contribution in [3.8, 4) is 0 Å². The molecule has 198 valence electrons. The Morgan fingerprint density at radius 2 is 1.89 bits per heavy atom. The first-order chi connectivity index (χ1) is 16.5. The molecule has 0 radical (unpaired) electrons. The molecule has 0 spiro atoms. The number of ether oxygens (including phenoxy) is 1. The Hall–Kier alpha value is -2.81. The van der Waals surface area contributed by atoms with E-state index in [9.17, 15) is 9.59 Å². The Bertz CT molecular complexity index is 1150. The molecule has 9 heteroatoms. The predicted octanol–water partition coefficient (Wildman–Crippen LogP) is 5.07. The van der Waals surface area contributed by atoms with Crippen LogP contribution in [0.5, 0.6) is 0 Å². The van der Waals surface area contributed by atoms with E-state index in [1.807, 2.05) is 45.4 Å². The van der Waals surface area contributed by atoms with E-state index >= 15 is 4.39 Å². The van der Waals surface area contributed by atoms with Gasteiger partial charge in [-0.1, -0.05) is 0 Å². The maximum atomic E-state index is 15.6. The fourth-order valence-corrected chi connectivity index (χ4v) is 4.81. The highest BCUT2D eigenvalue weighted by Gasteiger charge is 2.45. The normalized spacial score (nSPS) is 20.8. The second-order valence-corrected chi connectivity index (χ2v) is 12.0. The SMILES string of the molecule is CC(=O)c1cc(Nc2cc(C)n(C(C)(C)C)n2)nc(CC2(C(=O)OC(C)(C)C)CCNC(C)C2)c1F. The van der Waals surface area contributed by atoms with Crippen LogP contribution in [0.1, 0.15) is 90.0 Å². The number of hydrogen-bond acceptors (Lipinski definition) is 7. The van der Waals surface area contributed by atoms with Crippen molar-refractivity contribution >= 4 is 23.4 Å². The number of carbonyl (C=O) groups excluding carboxylic acids is 2. The number of Topliss-reactive ketones (excluding diaryl/α,β-unsaturated/α-hetero) is 1. The lowest BCUT2D eigenvalue weighted by atomic mass is 9.72. The van der Waals surface area contributed by atoms with Crippen molar-refractivity contribution in [1.82, 2.24) is 20.1 Å². The highest BCUT2D eigenvalue weighted by atomic mass is 19.1. The van der Waals surface area contributed by atoms with E-state index in [1.165, 1.54) is 13.0 Å². The molecule has 0 amide bonds. The van der Waals surface area contributed by atoms with Crippen LogP contribution >= 0.6 is 0 Å². The average molecular weight is 502 g/mol. The van der Waals surface area contributed by atoms with Gasteiger partial charge in [-0.05, 0) is 87.8 Å². The number of rotatable bonds is 6. The number of aryl methyl sites for hydroxylation is 1. The molecule has 2 aromatic rings. The second-order valence-electron chi connectivity index (χ2n) is 12.0. The first-order valence-electron chi connectivity index (χ1n) is 12.5. The van der Waals surface area contributed by atoms with E-state index in [1.54, 1.807) is 0 Å². The van der Waals surface area contributed by atoms with Gasteiger partial charge in [-0.25, -0.2) is 9.37 Å². The summed E-state index contributed by atoms with van der Waals surface area (Å²) in [5, 5.41) is 11.1. The summed E-state index contributed by atoms with van der Waals surface area (Å²) in [6.07, 6.45) is 0.992. The summed E-state index contributed by atoms with van der Waals surface area (Å²) >= 11 is 0. The molecule has 8 nitrogen and oxygen atoms in total. The summed E-state index contributed by atoms with van der Waals surface area (Å²) in [6, 6.07) is 3.32. The van der Waals surface area contributed by atoms with E-state index in [2.05, 4.69) is 41.5 Å².